The number of aryl methyl sites for hydroxylation is 3. The van der Waals surface area contributed by atoms with Crippen LogP contribution in [0.3, 0.4) is 0 Å². The van der Waals surface area contributed by atoms with Crippen LogP contribution in [0.25, 0.3) is 0 Å². The number of hydrogen-bond acceptors (Lipinski definition) is 5. The van der Waals surface area contributed by atoms with Gasteiger partial charge in [-0.2, -0.15) is 10.2 Å². The van der Waals surface area contributed by atoms with Crippen LogP contribution in [0.2, 0.25) is 0 Å². The highest BCUT2D eigenvalue weighted by atomic mass is 16.1. The van der Waals surface area contributed by atoms with Crippen LogP contribution in [0, 0.1) is 13.8 Å². The number of nitrogens with one attached hydrogen (secondary N) is 2. The molecular formula is C16H22N6O2. The van der Waals surface area contributed by atoms with E-state index in [-0.39, 0.29) is 18.1 Å². The van der Waals surface area contributed by atoms with Gasteiger partial charge in [-0.1, -0.05) is 0 Å². The van der Waals surface area contributed by atoms with E-state index in [1.807, 2.05) is 18.5 Å². The number of carbonyl (C=O) groups excluding carboxylic acids is 2. The van der Waals surface area contributed by atoms with Crippen LogP contribution < -0.4 is 10.6 Å². The van der Waals surface area contributed by atoms with Crippen molar-refractivity contribution in [3.63, 3.8) is 0 Å². The standard InChI is InChI=1S/C16H22N6O2/c1-10-15(12(3)23)11(2)21(20-10)8-5-14(24)19-13-9-18-22-7-4-6-17-16(13)22/h9,17H,4-8H2,1-3H3,(H,19,24). The van der Waals surface area contributed by atoms with Crippen LogP contribution in [-0.2, 0) is 17.9 Å². The van der Waals surface area contributed by atoms with Crippen LogP contribution in [0.4, 0.5) is 11.5 Å². The molecular weight excluding hydrogens is 308 g/mol. The fourth-order valence-corrected chi connectivity index (χ4v) is 3.11. The number of amides is 1. The average Bonchev–Trinajstić information content (AvgIpc) is 3.06. The predicted octanol–water partition coefficient (Wildman–Crippen LogP) is 1.74. The Hall–Kier alpha value is -2.64. The molecule has 0 aliphatic carbocycles. The first kappa shape index (κ1) is 16.2. The number of aromatic nitrogens is 4. The zero-order valence-corrected chi connectivity index (χ0v) is 14.2. The first-order chi connectivity index (χ1) is 11.5. The maximum atomic E-state index is 12.2. The summed E-state index contributed by atoms with van der Waals surface area (Å²) >= 11 is 0. The number of anilines is 2. The molecule has 0 radical (unpaired) electrons. The summed E-state index contributed by atoms with van der Waals surface area (Å²) in [5.74, 6) is 0.757. The molecule has 3 rings (SSSR count). The van der Waals surface area contributed by atoms with Crippen molar-refractivity contribution in [2.75, 3.05) is 17.2 Å². The van der Waals surface area contributed by atoms with Gasteiger partial charge in [0.25, 0.3) is 0 Å². The van der Waals surface area contributed by atoms with Crippen molar-refractivity contribution in [2.24, 2.45) is 0 Å². The summed E-state index contributed by atoms with van der Waals surface area (Å²) in [6.45, 7) is 7.37. The van der Waals surface area contributed by atoms with Crippen LogP contribution >= 0.6 is 0 Å². The minimum atomic E-state index is -0.102. The van der Waals surface area contributed by atoms with Crippen LogP contribution in [0.5, 0.6) is 0 Å². The van der Waals surface area contributed by atoms with E-state index >= 15 is 0 Å². The maximum absolute atomic E-state index is 12.2. The van der Waals surface area contributed by atoms with Crippen LogP contribution in [-0.4, -0.2) is 37.8 Å². The second-order valence-corrected chi connectivity index (χ2v) is 6.03. The number of Topliss-reactive ketones (excluding diaryl/α,β-unsaturated/α-hetero) is 1. The first-order valence-electron chi connectivity index (χ1n) is 8.12. The summed E-state index contributed by atoms with van der Waals surface area (Å²) in [5.41, 5.74) is 2.86. The molecule has 2 N–H and O–H groups in total. The van der Waals surface area contributed by atoms with Gasteiger partial charge in [0.05, 0.1) is 17.5 Å². The number of rotatable bonds is 5. The number of fused-ring (bicyclic) bond motifs is 1. The fourth-order valence-electron chi connectivity index (χ4n) is 3.11. The van der Waals surface area contributed by atoms with Crippen molar-refractivity contribution in [1.82, 2.24) is 19.6 Å². The fraction of sp³-hybridized carbons (Fsp3) is 0.500. The van der Waals surface area contributed by atoms with Gasteiger partial charge in [0, 0.05) is 31.7 Å². The van der Waals surface area contributed by atoms with Crippen molar-refractivity contribution in [2.45, 2.75) is 46.7 Å². The lowest BCUT2D eigenvalue weighted by Gasteiger charge is -2.17. The molecule has 0 fully saturated rings. The highest BCUT2D eigenvalue weighted by Crippen LogP contribution is 2.24. The Bertz CT molecular complexity index is 789. The Kier molecular flexibility index (Phi) is 4.37. The minimum Gasteiger partial charge on any atom is -0.368 e. The van der Waals surface area contributed by atoms with Crippen LogP contribution in [0.15, 0.2) is 6.20 Å². The van der Waals surface area contributed by atoms with E-state index in [1.54, 1.807) is 10.9 Å². The topological polar surface area (TPSA) is 93.8 Å². The molecule has 2 aromatic heterocycles. The lowest BCUT2D eigenvalue weighted by atomic mass is 10.1. The lowest BCUT2D eigenvalue weighted by molar-refractivity contribution is -0.116. The van der Waals surface area contributed by atoms with Crippen molar-refractivity contribution in [1.29, 1.82) is 0 Å². The second kappa shape index (κ2) is 6.46. The Morgan fingerprint density at radius 3 is 2.88 bits per heavy atom. The smallest absolute Gasteiger partial charge is 0.226 e. The molecule has 1 amide bonds. The SMILES string of the molecule is CC(=O)c1c(C)nn(CCC(=O)Nc2cnn3c2NCCC3)c1C. The van der Waals surface area contributed by atoms with Gasteiger partial charge in [0.2, 0.25) is 5.91 Å². The third-order valence-corrected chi connectivity index (χ3v) is 4.24. The van der Waals surface area contributed by atoms with E-state index in [9.17, 15) is 9.59 Å². The van der Waals surface area contributed by atoms with Gasteiger partial charge in [-0.3, -0.25) is 14.3 Å². The third kappa shape index (κ3) is 3.04. The van der Waals surface area contributed by atoms with Crippen molar-refractivity contribution in [3.8, 4) is 0 Å². The van der Waals surface area contributed by atoms with Gasteiger partial charge in [-0.15, -0.1) is 0 Å². The second-order valence-electron chi connectivity index (χ2n) is 6.03. The Morgan fingerprint density at radius 2 is 2.17 bits per heavy atom. The van der Waals surface area contributed by atoms with Crippen LogP contribution in [0.1, 0.15) is 41.5 Å². The molecule has 1 aliphatic heterocycles. The van der Waals surface area contributed by atoms with E-state index < -0.39 is 0 Å². The molecule has 2 aromatic rings. The highest BCUT2D eigenvalue weighted by Gasteiger charge is 2.18. The Balaban J connectivity index is 1.63. The van der Waals surface area contributed by atoms with Gasteiger partial charge in [-0.05, 0) is 27.2 Å². The number of carbonyl (C=O) groups is 2. The zero-order chi connectivity index (χ0) is 17.3. The lowest BCUT2D eigenvalue weighted by Crippen LogP contribution is -2.20. The number of hydrogen-bond donors (Lipinski definition) is 2. The summed E-state index contributed by atoms with van der Waals surface area (Å²) in [7, 11) is 0. The molecule has 128 valence electrons. The number of nitrogens with zero attached hydrogens (tertiary/aromatic N) is 4. The van der Waals surface area contributed by atoms with Gasteiger partial charge in [0.15, 0.2) is 5.78 Å². The molecule has 0 saturated carbocycles. The number of ketones is 1. The molecule has 0 atom stereocenters. The predicted molar refractivity (Wildman–Crippen MR) is 90.3 cm³/mol. The summed E-state index contributed by atoms with van der Waals surface area (Å²) in [6, 6.07) is 0. The molecule has 0 spiro atoms. The molecule has 24 heavy (non-hydrogen) atoms. The molecule has 0 unspecified atom stereocenters. The van der Waals surface area contributed by atoms with E-state index in [2.05, 4.69) is 20.8 Å². The van der Waals surface area contributed by atoms with Gasteiger partial charge in [-0.25, -0.2) is 4.68 Å². The molecule has 0 aromatic carbocycles. The van der Waals surface area contributed by atoms with E-state index in [4.69, 9.17) is 0 Å². The van der Waals surface area contributed by atoms with E-state index in [0.29, 0.717) is 23.5 Å². The van der Waals surface area contributed by atoms with Crippen molar-refractivity contribution in [3.05, 3.63) is 23.1 Å². The van der Waals surface area contributed by atoms with Crippen molar-refractivity contribution < 1.29 is 9.59 Å². The van der Waals surface area contributed by atoms with Gasteiger partial charge >= 0.3 is 0 Å². The van der Waals surface area contributed by atoms with Gasteiger partial charge < -0.3 is 10.6 Å². The molecule has 0 saturated heterocycles. The Morgan fingerprint density at radius 1 is 1.38 bits per heavy atom. The highest BCUT2D eigenvalue weighted by molar-refractivity contribution is 5.96. The summed E-state index contributed by atoms with van der Waals surface area (Å²) in [6.07, 6.45) is 2.98. The molecule has 3 heterocycles. The monoisotopic (exact) mass is 330 g/mol. The molecule has 1 aliphatic rings. The molecule has 0 bridgehead atoms. The summed E-state index contributed by atoms with van der Waals surface area (Å²) < 4.78 is 3.58. The first-order valence-corrected chi connectivity index (χ1v) is 8.12. The average molecular weight is 330 g/mol. The Labute approximate surface area is 140 Å². The van der Waals surface area contributed by atoms with Gasteiger partial charge in [0.1, 0.15) is 11.5 Å². The van der Waals surface area contributed by atoms with E-state index in [1.165, 1.54) is 6.92 Å². The minimum absolute atomic E-state index is 0.00158. The van der Waals surface area contributed by atoms with Crippen molar-refractivity contribution >= 4 is 23.2 Å². The summed E-state index contributed by atoms with van der Waals surface area (Å²) in [5, 5.41) is 14.8. The normalized spacial score (nSPS) is 13.3. The summed E-state index contributed by atoms with van der Waals surface area (Å²) in [4.78, 5) is 23.9. The largest absolute Gasteiger partial charge is 0.368 e. The maximum Gasteiger partial charge on any atom is 0.226 e. The molecule has 8 heteroatoms. The quantitative estimate of drug-likeness (QED) is 0.815. The zero-order valence-electron chi connectivity index (χ0n) is 14.2. The third-order valence-electron chi connectivity index (χ3n) is 4.24. The molecule has 8 nitrogen and oxygen atoms in total. The van der Waals surface area contributed by atoms with E-state index in [0.717, 1.165) is 31.0 Å².